The topological polar surface area (TPSA) is 167 Å². The standard InChI is InChI=1S/C23H16O10/c1-31-13-4-2-10(3-5-13)21-22(20(29)18-14(25)8-12(24)9-17(18)32-21)33-23(30)11-6-15(26)19(28)16(27)7-11/h2-9,24-28H,1H3. The zero-order valence-electron chi connectivity index (χ0n) is 16.9. The van der Waals surface area contributed by atoms with E-state index in [4.69, 9.17) is 13.9 Å². The van der Waals surface area contributed by atoms with Gasteiger partial charge < -0.3 is 39.4 Å². The number of hydrogen-bond acceptors (Lipinski definition) is 10. The lowest BCUT2D eigenvalue weighted by molar-refractivity contribution is 0.0730. The van der Waals surface area contributed by atoms with Crippen LogP contribution < -0.4 is 14.9 Å². The number of carbonyl (C=O) groups is 1. The molecule has 3 aromatic carbocycles. The molecule has 0 aliphatic heterocycles. The molecule has 33 heavy (non-hydrogen) atoms. The highest BCUT2D eigenvalue weighted by Gasteiger charge is 2.24. The van der Waals surface area contributed by atoms with E-state index in [0.717, 1.165) is 24.3 Å². The van der Waals surface area contributed by atoms with Gasteiger partial charge in [0.25, 0.3) is 0 Å². The number of benzene rings is 3. The number of rotatable bonds is 4. The lowest BCUT2D eigenvalue weighted by atomic mass is 10.1. The van der Waals surface area contributed by atoms with Crippen LogP contribution in [0.4, 0.5) is 0 Å². The van der Waals surface area contributed by atoms with Crippen LogP contribution in [0.2, 0.25) is 0 Å². The van der Waals surface area contributed by atoms with Crippen LogP contribution >= 0.6 is 0 Å². The van der Waals surface area contributed by atoms with Crippen LogP contribution in [0, 0.1) is 0 Å². The van der Waals surface area contributed by atoms with Gasteiger partial charge in [-0.1, -0.05) is 0 Å². The molecule has 0 saturated carbocycles. The van der Waals surface area contributed by atoms with E-state index in [2.05, 4.69) is 0 Å². The van der Waals surface area contributed by atoms with Gasteiger partial charge in [0.15, 0.2) is 23.0 Å². The minimum absolute atomic E-state index is 0.164. The van der Waals surface area contributed by atoms with Crippen molar-refractivity contribution in [1.82, 2.24) is 0 Å². The second kappa shape index (κ2) is 8.00. The van der Waals surface area contributed by atoms with Gasteiger partial charge in [0.2, 0.25) is 11.2 Å². The van der Waals surface area contributed by atoms with Crippen molar-refractivity contribution < 1.29 is 44.2 Å². The molecule has 0 saturated heterocycles. The average molecular weight is 452 g/mol. The van der Waals surface area contributed by atoms with Crippen molar-refractivity contribution in [2.24, 2.45) is 0 Å². The summed E-state index contributed by atoms with van der Waals surface area (Å²) in [4.78, 5) is 25.9. The number of carbonyl (C=O) groups excluding carboxylic acids is 1. The summed E-state index contributed by atoms with van der Waals surface area (Å²) in [6, 6.07) is 9.91. The summed E-state index contributed by atoms with van der Waals surface area (Å²) >= 11 is 0. The van der Waals surface area contributed by atoms with E-state index in [-0.39, 0.29) is 28.0 Å². The number of ether oxygens (including phenoxy) is 2. The monoisotopic (exact) mass is 452 g/mol. The van der Waals surface area contributed by atoms with Crippen molar-refractivity contribution in [3.05, 3.63) is 64.3 Å². The Morgan fingerprint density at radius 3 is 2.12 bits per heavy atom. The molecule has 0 aliphatic rings. The fourth-order valence-electron chi connectivity index (χ4n) is 3.17. The van der Waals surface area contributed by atoms with Gasteiger partial charge in [-0.2, -0.15) is 0 Å². The second-order valence-electron chi connectivity index (χ2n) is 6.91. The second-order valence-corrected chi connectivity index (χ2v) is 6.91. The van der Waals surface area contributed by atoms with Gasteiger partial charge >= 0.3 is 5.97 Å². The van der Waals surface area contributed by atoms with Crippen LogP contribution in [0.5, 0.6) is 40.2 Å². The van der Waals surface area contributed by atoms with Crippen LogP contribution in [-0.2, 0) is 0 Å². The summed E-state index contributed by atoms with van der Waals surface area (Å²) in [5.41, 5.74) is -1.15. The van der Waals surface area contributed by atoms with E-state index >= 15 is 0 Å². The molecule has 5 N–H and O–H groups in total. The predicted molar refractivity (Wildman–Crippen MR) is 114 cm³/mol. The first kappa shape index (κ1) is 21.4. The Kier molecular flexibility index (Phi) is 5.18. The Balaban J connectivity index is 1.92. The van der Waals surface area contributed by atoms with Crippen LogP contribution in [0.3, 0.4) is 0 Å². The summed E-state index contributed by atoms with van der Waals surface area (Å²) in [7, 11) is 1.46. The molecule has 1 heterocycles. The summed E-state index contributed by atoms with van der Waals surface area (Å²) in [6.07, 6.45) is 0. The summed E-state index contributed by atoms with van der Waals surface area (Å²) in [5.74, 6) is -4.80. The van der Waals surface area contributed by atoms with E-state index in [1.54, 1.807) is 12.1 Å². The number of aromatic hydroxyl groups is 5. The van der Waals surface area contributed by atoms with E-state index in [1.165, 1.54) is 19.2 Å². The third kappa shape index (κ3) is 3.81. The van der Waals surface area contributed by atoms with E-state index in [1.807, 2.05) is 0 Å². The summed E-state index contributed by atoms with van der Waals surface area (Å²) in [6.45, 7) is 0. The SMILES string of the molecule is COc1ccc(-c2oc3cc(O)cc(O)c3c(=O)c2OC(=O)c2cc(O)c(O)c(O)c2)cc1. The molecule has 0 radical (unpaired) electrons. The fourth-order valence-corrected chi connectivity index (χ4v) is 3.17. The lowest BCUT2D eigenvalue weighted by Gasteiger charge is -2.12. The highest BCUT2D eigenvalue weighted by Crippen LogP contribution is 2.38. The zero-order chi connectivity index (χ0) is 23.9. The van der Waals surface area contributed by atoms with Gasteiger partial charge in [-0.25, -0.2) is 4.79 Å². The van der Waals surface area contributed by atoms with Crippen LogP contribution in [-0.4, -0.2) is 38.6 Å². The Morgan fingerprint density at radius 2 is 1.52 bits per heavy atom. The Labute approximate surface area is 184 Å². The number of phenolic OH excluding ortho intramolecular Hbond substituents is 5. The third-order valence-corrected chi connectivity index (χ3v) is 4.77. The van der Waals surface area contributed by atoms with Crippen molar-refractivity contribution in [2.45, 2.75) is 0 Å². The predicted octanol–water partition coefficient (Wildman–Crippen LogP) is 3.22. The quantitative estimate of drug-likeness (QED) is 0.229. The maximum Gasteiger partial charge on any atom is 0.344 e. The highest BCUT2D eigenvalue weighted by atomic mass is 16.5. The first-order valence-electron chi connectivity index (χ1n) is 9.34. The van der Waals surface area contributed by atoms with Gasteiger partial charge in [-0.3, -0.25) is 4.79 Å². The molecule has 168 valence electrons. The number of methoxy groups -OCH3 is 1. The summed E-state index contributed by atoms with van der Waals surface area (Å²) < 4.78 is 16.1. The molecule has 1 aromatic heterocycles. The van der Waals surface area contributed by atoms with Crippen molar-refractivity contribution >= 4 is 16.9 Å². The Morgan fingerprint density at radius 1 is 0.879 bits per heavy atom. The molecule has 4 aromatic rings. The van der Waals surface area contributed by atoms with Gasteiger partial charge in [0, 0.05) is 17.7 Å². The van der Waals surface area contributed by atoms with Crippen molar-refractivity contribution in [3.63, 3.8) is 0 Å². The van der Waals surface area contributed by atoms with Crippen LogP contribution in [0.15, 0.2) is 57.7 Å². The molecule has 0 spiro atoms. The first-order chi connectivity index (χ1) is 15.7. The largest absolute Gasteiger partial charge is 0.508 e. The van der Waals surface area contributed by atoms with Crippen molar-refractivity contribution in [2.75, 3.05) is 7.11 Å². The number of phenols is 5. The number of fused-ring (bicyclic) bond motifs is 1. The van der Waals surface area contributed by atoms with Crippen LogP contribution in [0.1, 0.15) is 10.4 Å². The minimum Gasteiger partial charge on any atom is -0.508 e. The molecule has 0 aliphatic carbocycles. The van der Waals surface area contributed by atoms with Crippen molar-refractivity contribution in [3.8, 4) is 51.6 Å². The molecule has 4 rings (SSSR count). The smallest absolute Gasteiger partial charge is 0.344 e. The summed E-state index contributed by atoms with van der Waals surface area (Å²) in [5, 5.41) is 48.4. The minimum atomic E-state index is -1.17. The van der Waals surface area contributed by atoms with E-state index in [0.29, 0.717) is 11.3 Å². The van der Waals surface area contributed by atoms with E-state index in [9.17, 15) is 35.1 Å². The molecule has 0 unspecified atom stereocenters. The molecule has 0 atom stereocenters. The zero-order valence-corrected chi connectivity index (χ0v) is 16.9. The average Bonchev–Trinajstić information content (AvgIpc) is 2.78. The highest BCUT2D eigenvalue weighted by molar-refractivity contribution is 5.95. The van der Waals surface area contributed by atoms with Gasteiger partial charge in [0.05, 0.1) is 12.7 Å². The number of esters is 1. The Hall–Kier alpha value is -4.86. The molecule has 0 bridgehead atoms. The van der Waals surface area contributed by atoms with Gasteiger partial charge in [-0.05, 0) is 36.4 Å². The molecule has 10 nitrogen and oxygen atoms in total. The van der Waals surface area contributed by atoms with Gasteiger partial charge in [-0.15, -0.1) is 0 Å². The lowest BCUT2D eigenvalue weighted by Crippen LogP contribution is -2.16. The molecular weight excluding hydrogens is 436 g/mol. The van der Waals surface area contributed by atoms with Crippen molar-refractivity contribution in [1.29, 1.82) is 0 Å². The maximum atomic E-state index is 13.2. The molecule has 0 fully saturated rings. The first-order valence-corrected chi connectivity index (χ1v) is 9.34. The third-order valence-electron chi connectivity index (χ3n) is 4.77. The normalized spacial score (nSPS) is 10.8. The van der Waals surface area contributed by atoms with Crippen LogP contribution in [0.25, 0.3) is 22.3 Å². The molecule has 0 amide bonds. The fraction of sp³-hybridized carbons (Fsp3) is 0.0435. The molecule has 10 heteroatoms. The Bertz CT molecular complexity index is 1430. The molecular formula is C23H16O10. The maximum absolute atomic E-state index is 13.2. The van der Waals surface area contributed by atoms with E-state index < -0.39 is 40.1 Å². The number of hydrogen-bond donors (Lipinski definition) is 5. The van der Waals surface area contributed by atoms with Gasteiger partial charge in [0.1, 0.15) is 28.2 Å².